The Morgan fingerprint density at radius 3 is 2.54 bits per heavy atom. The zero-order chi connectivity index (χ0) is 25.2. The molecular formula is C24H21ClF2N2O5S. The van der Waals surface area contributed by atoms with Crippen molar-refractivity contribution < 1.29 is 31.5 Å². The fourth-order valence-electron chi connectivity index (χ4n) is 3.17. The van der Waals surface area contributed by atoms with Crippen LogP contribution in [0, 0.1) is 17.6 Å². The van der Waals surface area contributed by atoms with Gasteiger partial charge in [-0.1, -0.05) is 17.7 Å². The predicted octanol–water partition coefficient (Wildman–Crippen LogP) is 4.74. The van der Waals surface area contributed by atoms with E-state index in [1.54, 1.807) is 10.8 Å². The number of rotatable bonds is 9. The molecule has 1 saturated carbocycles. The summed E-state index contributed by atoms with van der Waals surface area (Å²) in [7, 11) is -3.78. The second-order valence-corrected chi connectivity index (χ2v) is 10.4. The topological polar surface area (TPSA) is 94.6 Å². The molecule has 11 heteroatoms. The lowest BCUT2D eigenvalue weighted by atomic mass is 10.1. The van der Waals surface area contributed by atoms with Crippen LogP contribution in [0.5, 0.6) is 11.6 Å². The Balaban J connectivity index is 1.45. The number of nitrogens with one attached hydrogen (secondary N) is 1. The van der Waals surface area contributed by atoms with Crippen LogP contribution < -0.4 is 14.2 Å². The molecule has 1 N–H and O–H groups in total. The Hall–Kier alpha value is -3.24. The van der Waals surface area contributed by atoms with Gasteiger partial charge >= 0.3 is 0 Å². The molecule has 1 aromatic heterocycles. The lowest BCUT2D eigenvalue weighted by molar-refractivity contribution is 0.0981. The summed E-state index contributed by atoms with van der Waals surface area (Å²) < 4.78 is 64.3. The molecule has 1 aliphatic rings. The number of benzene rings is 2. The Bertz CT molecular complexity index is 1380. The van der Waals surface area contributed by atoms with Gasteiger partial charge in [-0.15, -0.1) is 0 Å². The van der Waals surface area contributed by atoms with E-state index in [-0.39, 0.29) is 34.1 Å². The van der Waals surface area contributed by atoms with E-state index in [0.29, 0.717) is 24.0 Å². The van der Waals surface area contributed by atoms with Gasteiger partial charge in [-0.2, -0.15) is 0 Å². The van der Waals surface area contributed by atoms with E-state index in [2.05, 4.69) is 4.98 Å². The molecule has 4 rings (SSSR count). The predicted molar refractivity (Wildman–Crippen MR) is 126 cm³/mol. The van der Waals surface area contributed by atoms with Crippen LogP contribution in [0.25, 0.3) is 11.1 Å². The summed E-state index contributed by atoms with van der Waals surface area (Å²) in [5.74, 6) is -1.13. The van der Waals surface area contributed by atoms with Gasteiger partial charge in [-0.3, -0.25) is 4.79 Å². The first-order valence-electron chi connectivity index (χ1n) is 10.6. The highest BCUT2D eigenvalue weighted by Crippen LogP contribution is 2.34. The molecular weight excluding hydrogens is 502 g/mol. The average Bonchev–Trinajstić information content (AvgIpc) is 3.61. The summed E-state index contributed by atoms with van der Waals surface area (Å²) in [6.45, 7) is 0.335. The Labute approximate surface area is 206 Å². The van der Waals surface area contributed by atoms with Crippen LogP contribution >= 0.6 is 11.6 Å². The first-order chi connectivity index (χ1) is 16.6. The van der Waals surface area contributed by atoms with Crippen molar-refractivity contribution in [3.63, 3.8) is 0 Å². The summed E-state index contributed by atoms with van der Waals surface area (Å²) in [5, 5.41) is 0.260. The average molecular weight is 523 g/mol. The summed E-state index contributed by atoms with van der Waals surface area (Å²) in [6.07, 6.45) is 4.53. The third kappa shape index (κ3) is 6.67. The van der Waals surface area contributed by atoms with Gasteiger partial charge < -0.3 is 9.47 Å². The zero-order valence-corrected chi connectivity index (χ0v) is 20.1. The van der Waals surface area contributed by atoms with Gasteiger partial charge in [0.1, 0.15) is 29.0 Å². The highest BCUT2D eigenvalue weighted by Gasteiger charge is 2.23. The van der Waals surface area contributed by atoms with Crippen molar-refractivity contribution in [2.24, 2.45) is 5.92 Å². The first kappa shape index (κ1) is 24.9. The molecule has 0 saturated heterocycles. The van der Waals surface area contributed by atoms with Crippen LogP contribution in [-0.4, -0.2) is 32.2 Å². The minimum atomic E-state index is -3.78. The van der Waals surface area contributed by atoms with Crippen LogP contribution in [0.1, 0.15) is 28.8 Å². The Morgan fingerprint density at radius 2 is 1.89 bits per heavy atom. The van der Waals surface area contributed by atoms with Gasteiger partial charge in [-0.05, 0) is 55.2 Å². The smallest absolute Gasteiger partial charge is 0.264 e. The second-order valence-electron chi connectivity index (χ2n) is 8.21. The van der Waals surface area contributed by atoms with Crippen molar-refractivity contribution >= 4 is 27.5 Å². The van der Waals surface area contributed by atoms with E-state index in [9.17, 15) is 22.0 Å². The third-order valence-electron chi connectivity index (χ3n) is 5.20. The van der Waals surface area contributed by atoms with Gasteiger partial charge in [-0.25, -0.2) is 26.9 Å². The summed E-state index contributed by atoms with van der Waals surface area (Å²) in [6, 6.07) is 9.10. The minimum Gasteiger partial charge on any atom is -0.489 e. The van der Waals surface area contributed by atoms with E-state index in [4.69, 9.17) is 21.1 Å². The number of carbonyl (C=O) groups excluding carboxylic acids is 1. The van der Waals surface area contributed by atoms with Crippen LogP contribution in [0.2, 0.25) is 5.02 Å². The van der Waals surface area contributed by atoms with E-state index in [1.807, 2.05) is 0 Å². The van der Waals surface area contributed by atoms with Crippen molar-refractivity contribution in [1.82, 2.24) is 9.71 Å². The van der Waals surface area contributed by atoms with Crippen LogP contribution in [0.3, 0.4) is 0 Å². The lowest BCUT2D eigenvalue weighted by Gasteiger charge is -2.12. The van der Waals surface area contributed by atoms with Crippen molar-refractivity contribution in [3.05, 3.63) is 76.4 Å². The summed E-state index contributed by atoms with van der Waals surface area (Å²) >= 11 is 6.26. The number of pyridine rings is 1. The number of sulfonamides is 1. The van der Waals surface area contributed by atoms with Crippen LogP contribution in [0.15, 0.2) is 48.7 Å². The van der Waals surface area contributed by atoms with Crippen molar-refractivity contribution in [2.75, 3.05) is 12.9 Å². The summed E-state index contributed by atoms with van der Waals surface area (Å²) in [5.41, 5.74) is 0.575. The molecule has 1 amide bonds. The van der Waals surface area contributed by atoms with Crippen molar-refractivity contribution in [1.29, 1.82) is 0 Å². The lowest BCUT2D eigenvalue weighted by Crippen LogP contribution is -2.29. The fraction of sp³-hybridized carbons (Fsp3) is 0.250. The summed E-state index contributed by atoms with van der Waals surface area (Å²) in [4.78, 5) is 16.1. The normalized spacial score (nSPS) is 13.4. The molecule has 1 aliphatic carbocycles. The maximum atomic E-state index is 14.5. The van der Waals surface area contributed by atoms with Crippen LogP contribution in [0.4, 0.5) is 8.78 Å². The van der Waals surface area contributed by atoms with E-state index in [0.717, 1.165) is 25.2 Å². The number of nitrogens with zero attached hydrogens (tertiary/aromatic N) is 1. The maximum Gasteiger partial charge on any atom is 0.264 e. The number of halogens is 3. The molecule has 0 atom stereocenters. The van der Waals surface area contributed by atoms with E-state index >= 15 is 0 Å². The Morgan fingerprint density at radius 1 is 1.11 bits per heavy atom. The van der Waals surface area contributed by atoms with E-state index < -0.39 is 27.6 Å². The number of carbonyl (C=O) groups is 1. The molecule has 0 aliphatic heterocycles. The zero-order valence-electron chi connectivity index (χ0n) is 18.6. The highest BCUT2D eigenvalue weighted by atomic mass is 35.5. The first-order valence-corrected chi connectivity index (χ1v) is 12.9. The van der Waals surface area contributed by atoms with Crippen LogP contribution in [-0.2, 0) is 16.6 Å². The fourth-order valence-corrected chi connectivity index (χ4v) is 3.85. The molecule has 2 aromatic carbocycles. The molecule has 0 unspecified atom stereocenters. The number of amides is 1. The maximum absolute atomic E-state index is 14.5. The van der Waals surface area contributed by atoms with Gasteiger partial charge in [0.15, 0.2) is 0 Å². The number of aromatic nitrogens is 1. The third-order valence-corrected chi connectivity index (χ3v) is 6.02. The van der Waals surface area contributed by atoms with E-state index in [1.165, 1.54) is 36.5 Å². The second kappa shape index (κ2) is 10.2. The molecule has 184 valence electrons. The standard InChI is InChI=1S/C24H21ClF2N2O5S/c1-35(31,32)29-23(30)15-4-5-16(22(27)9-15)13-33-18-6-7-21(26)19(10-18)17-8-20(25)24(28-11-17)34-12-14-2-3-14/h4-11,14H,2-3,12-13H2,1H3,(H,29,30). The van der Waals surface area contributed by atoms with Gasteiger partial charge in [0.25, 0.3) is 5.91 Å². The molecule has 1 heterocycles. The van der Waals surface area contributed by atoms with Gasteiger partial charge in [0.05, 0.1) is 12.9 Å². The molecule has 0 bridgehead atoms. The molecule has 7 nitrogen and oxygen atoms in total. The Kier molecular flexibility index (Phi) is 7.23. The molecule has 35 heavy (non-hydrogen) atoms. The van der Waals surface area contributed by atoms with Crippen molar-refractivity contribution in [2.45, 2.75) is 19.4 Å². The quantitative estimate of drug-likeness (QED) is 0.436. The minimum absolute atomic E-state index is 0.119. The SMILES string of the molecule is CS(=O)(=O)NC(=O)c1ccc(COc2ccc(F)c(-c3cnc(OCC4CC4)c(Cl)c3)c2)c(F)c1. The molecule has 0 radical (unpaired) electrons. The largest absolute Gasteiger partial charge is 0.489 e. The van der Waals surface area contributed by atoms with Gasteiger partial charge in [0, 0.05) is 28.5 Å². The molecule has 0 spiro atoms. The number of ether oxygens (including phenoxy) is 2. The molecule has 3 aromatic rings. The molecule has 1 fully saturated rings. The number of hydrogen-bond donors (Lipinski definition) is 1. The highest BCUT2D eigenvalue weighted by molar-refractivity contribution is 7.89. The number of hydrogen-bond acceptors (Lipinski definition) is 6. The monoisotopic (exact) mass is 522 g/mol. The van der Waals surface area contributed by atoms with Crippen molar-refractivity contribution in [3.8, 4) is 22.8 Å². The van der Waals surface area contributed by atoms with Gasteiger partial charge in [0.2, 0.25) is 15.9 Å².